The van der Waals surface area contributed by atoms with Gasteiger partial charge in [-0.2, -0.15) is 11.8 Å². The number of hydrogen-bond donors (Lipinski definition) is 3. The Morgan fingerprint density at radius 2 is 2.11 bits per heavy atom. The number of nitrogens with one attached hydrogen (secondary N) is 2. The van der Waals surface area contributed by atoms with Crippen LogP contribution in [0.25, 0.3) is 0 Å². The molecule has 0 aromatic rings. The van der Waals surface area contributed by atoms with E-state index in [4.69, 9.17) is 5.11 Å². The summed E-state index contributed by atoms with van der Waals surface area (Å²) in [5.74, 6) is 0.267. The third kappa shape index (κ3) is 6.82. The first-order valence-electron chi connectivity index (χ1n) is 6.85. The lowest BCUT2D eigenvalue weighted by atomic mass is 9.93. The molecule has 0 aromatic heterocycles. The van der Waals surface area contributed by atoms with Crippen molar-refractivity contribution in [3.05, 3.63) is 0 Å². The molecule has 1 fully saturated rings. The molecule has 3 N–H and O–H groups in total. The number of thioether (sulfide) groups is 1. The highest BCUT2D eigenvalue weighted by Crippen LogP contribution is 2.17. The molecule has 0 radical (unpaired) electrons. The van der Waals surface area contributed by atoms with Crippen LogP contribution in [0.5, 0.6) is 0 Å². The second kappa shape index (κ2) is 9.20. The van der Waals surface area contributed by atoms with Gasteiger partial charge in [-0.1, -0.05) is 0 Å². The molecular weight excluding hydrogens is 264 g/mol. The van der Waals surface area contributed by atoms with Crippen LogP contribution in [0.2, 0.25) is 0 Å². The van der Waals surface area contributed by atoms with Crippen LogP contribution >= 0.6 is 11.8 Å². The molecule has 0 spiro atoms. The van der Waals surface area contributed by atoms with Crippen molar-refractivity contribution in [1.82, 2.24) is 10.6 Å². The molecule has 1 amide bonds. The summed E-state index contributed by atoms with van der Waals surface area (Å²) < 4.78 is 0. The molecule has 0 bridgehead atoms. The molecule has 1 heterocycles. The van der Waals surface area contributed by atoms with Crippen molar-refractivity contribution in [1.29, 1.82) is 0 Å². The van der Waals surface area contributed by atoms with Gasteiger partial charge in [0.15, 0.2) is 0 Å². The first-order valence-corrected chi connectivity index (χ1v) is 8.24. The number of piperidine rings is 1. The molecule has 1 aliphatic rings. The highest BCUT2D eigenvalue weighted by Gasteiger charge is 2.20. The van der Waals surface area contributed by atoms with E-state index in [1.807, 2.05) is 6.26 Å². The summed E-state index contributed by atoms with van der Waals surface area (Å²) in [5, 5.41) is 14.9. The predicted octanol–water partition coefficient (Wildman–Crippen LogP) is 1.09. The van der Waals surface area contributed by atoms with Gasteiger partial charge in [0.2, 0.25) is 5.91 Å². The fourth-order valence-electron chi connectivity index (χ4n) is 2.27. The molecular formula is C13H24N2O3S. The molecule has 0 aliphatic carbocycles. The molecule has 1 rings (SSSR count). The van der Waals surface area contributed by atoms with Gasteiger partial charge in [0.05, 0.1) is 0 Å². The van der Waals surface area contributed by atoms with Gasteiger partial charge in [-0.25, -0.2) is 4.79 Å². The maximum atomic E-state index is 11.8. The maximum absolute atomic E-state index is 11.8. The Labute approximate surface area is 118 Å². The van der Waals surface area contributed by atoms with Crippen LogP contribution in [0.3, 0.4) is 0 Å². The third-order valence-corrected chi connectivity index (χ3v) is 4.13. The van der Waals surface area contributed by atoms with Crippen molar-refractivity contribution in [2.75, 3.05) is 25.1 Å². The van der Waals surface area contributed by atoms with E-state index in [0.717, 1.165) is 38.1 Å². The smallest absolute Gasteiger partial charge is 0.326 e. The Morgan fingerprint density at radius 3 is 2.68 bits per heavy atom. The number of amides is 1. The van der Waals surface area contributed by atoms with Crippen molar-refractivity contribution >= 4 is 23.6 Å². The first kappa shape index (κ1) is 16.3. The first-order chi connectivity index (χ1) is 9.13. The average molecular weight is 288 g/mol. The molecule has 1 aliphatic heterocycles. The summed E-state index contributed by atoms with van der Waals surface area (Å²) in [7, 11) is 0. The van der Waals surface area contributed by atoms with Crippen LogP contribution in [0.4, 0.5) is 0 Å². The summed E-state index contributed by atoms with van der Waals surface area (Å²) in [6.45, 7) is 2.05. The van der Waals surface area contributed by atoms with Gasteiger partial charge in [0.1, 0.15) is 6.04 Å². The van der Waals surface area contributed by atoms with Gasteiger partial charge < -0.3 is 15.7 Å². The second-order valence-corrected chi connectivity index (χ2v) is 5.96. The molecule has 0 aromatic carbocycles. The van der Waals surface area contributed by atoms with E-state index < -0.39 is 12.0 Å². The average Bonchev–Trinajstić information content (AvgIpc) is 2.42. The van der Waals surface area contributed by atoms with Crippen molar-refractivity contribution in [2.45, 2.75) is 38.1 Å². The van der Waals surface area contributed by atoms with E-state index in [2.05, 4.69) is 10.6 Å². The minimum absolute atomic E-state index is 0.132. The van der Waals surface area contributed by atoms with Gasteiger partial charge in [-0.05, 0) is 56.7 Å². The molecule has 1 saturated heterocycles. The third-order valence-electron chi connectivity index (χ3n) is 3.48. The lowest BCUT2D eigenvalue weighted by molar-refractivity contribution is -0.141. The largest absolute Gasteiger partial charge is 0.480 e. The number of aliphatic carboxylic acids is 1. The molecule has 5 nitrogen and oxygen atoms in total. The summed E-state index contributed by atoms with van der Waals surface area (Å²) >= 11 is 1.59. The number of carboxylic acid groups (broad SMARTS) is 1. The van der Waals surface area contributed by atoms with E-state index >= 15 is 0 Å². The molecule has 6 heteroatoms. The lowest BCUT2D eigenvalue weighted by Gasteiger charge is -2.22. The van der Waals surface area contributed by atoms with Crippen molar-refractivity contribution in [3.63, 3.8) is 0 Å². The maximum Gasteiger partial charge on any atom is 0.326 e. The van der Waals surface area contributed by atoms with E-state index in [9.17, 15) is 9.59 Å². The second-order valence-electron chi connectivity index (χ2n) is 4.97. The molecule has 1 unspecified atom stereocenters. The summed E-state index contributed by atoms with van der Waals surface area (Å²) in [6.07, 6.45) is 5.94. The minimum atomic E-state index is -0.940. The van der Waals surface area contributed by atoms with Crippen molar-refractivity contribution < 1.29 is 14.7 Å². The lowest BCUT2D eigenvalue weighted by Crippen LogP contribution is -2.41. The van der Waals surface area contributed by atoms with Gasteiger partial charge in [-0.15, -0.1) is 0 Å². The predicted molar refractivity (Wildman–Crippen MR) is 77.4 cm³/mol. The summed E-state index contributed by atoms with van der Waals surface area (Å²) in [6, 6.07) is -0.743. The van der Waals surface area contributed by atoms with Gasteiger partial charge in [-0.3, -0.25) is 4.79 Å². The Morgan fingerprint density at radius 1 is 1.42 bits per heavy atom. The van der Waals surface area contributed by atoms with Gasteiger partial charge >= 0.3 is 5.97 Å². The van der Waals surface area contributed by atoms with Crippen molar-refractivity contribution in [2.24, 2.45) is 5.92 Å². The van der Waals surface area contributed by atoms with Crippen LogP contribution in [-0.2, 0) is 9.59 Å². The number of carbonyl (C=O) groups excluding carboxylic acids is 1. The molecule has 110 valence electrons. The minimum Gasteiger partial charge on any atom is -0.480 e. The SMILES string of the molecule is CSCCC(NC(=O)CCC1CCNCC1)C(=O)O. The van der Waals surface area contributed by atoms with E-state index in [1.165, 1.54) is 0 Å². The van der Waals surface area contributed by atoms with Crippen LogP contribution in [0.1, 0.15) is 32.1 Å². The van der Waals surface area contributed by atoms with Gasteiger partial charge in [0, 0.05) is 6.42 Å². The van der Waals surface area contributed by atoms with E-state index in [1.54, 1.807) is 11.8 Å². The van der Waals surface area contributed by atoms with Gasteiger partial charge in [0.25, 0.3) is 0 Å². The molecule has 0 saturated carbocycles. The molecule has 19 heavy (non-hydrogen) atoms. The van der Waals surface area contributed by atoms with Crippen LogP contribution in [-0.4, -0.2) is 48.1 Å². The zero-order valence-electron chi connectivity index (χ0n) is 11.5. The highest BCUT2D eigenvalue weighted by molar-refractivity contribution is 7.98. The van der Waals surface area contributed by atoms with Crippen LogP contribution in [0, 0.1) is 5.92 Å². The van der Waals surface area contributed by atoms with Crippen LogP contribution < -0.4 is 10.6 Å². The quantitative estimate of drug-likeness (QED) is 0.623. The van der Waals surface area contributed by atoms with E-state index in [-0.39, 0.29) is 5.91 Å². The Bertz CT molecular complexity index is 294. The Kier molecular flexibility index (Phi) is 7.90. The Hall–Kier alpha value is -0.750. The number of carboxylic acids is 1. The summed E-state index contributed by atoms with van der Waals surface area (Å²) in [5.41, 5.74) is 0. The highest BCUT2D eigenvalue weighted by atomic mass is 32.2. The fraction of sp³-hybridized carbons (Fsp3) is 0.846. The summed E-state index contributed by atoms with van der Waals surface area (Å²) in [4.78, 5) is 22.8. The zero-order chi connectivity index (χ0) is 14.1. The molecule has 1 atom stereocenters. The topological polar surface area (TPSA) is 78.4 Å². The standard InChI is InChI=1S/C13H24N2O3S/c1-19-9-6-11(13(17)18)15-12(16)3-2-10-4-7-14-8-5-10/h10-11,14H,2-9H2,1H3,(H,15,16)(H,17,18). The monoisotopic (exact) mass is 288 g/mol. The van der Waals surface area contributed by atoms with E-state index in [0.29, 0.717) is 18.8 Å². The number of hydrogen-bond acceptors (Lipinski definition) is 4. The number of carbonyl (C=O) groups is 2. The zero-order valence-corrected chi connectivity index (χ0v) is 12.3. The van der Waals surface area contributed by atoms with Crippen LogP contribution in [0.15, 0.2) is 0 Å². The Balaban J connectivity index is 2.25. The number of rotatable bonds is 8. The fourth-order valence-corrected chi connectivity index (χ4v) is 2.74. The van der Waals surface area contributed by atoms with Crippen molar-refractivity contribution in [3.8, 4) is 0 Å². The normalized spacial score (nSPS) is 17.9.